The number of urea groups is 1. The van der Waals surface area contributed by atoms with E-state index in [1.807, 2.05) is 204 Å². The van der Waals surface area contributed by atoms with E-state index < -0.39 is 5.72 Å². The number of ether oxygens (including phenoxy) is 4. The molecule has 11 rings (SSSR count). The summed E-state index contributed by atoms with van der Waals surface area (Å²) in [6.45, 7) is 13.1. The van der Waals surface area contributed by atoms with Gasteiger partial charge in [0.15, 0.2) is 28.9 Å². The second-order valence-electron chi connectivity index (χ2n) is 21.8. The number of anilines is 3. The third-order valence-electron chi connectivity index (χ3n) is 14.3. The van der Waals surface area contributed by atoms with Gasteiger partial charge in [-0.25, -0.2) is 9.59 Å². The molecule has 1 aliphatic heterocycles. The van der Waals surface area contributed by atoms with E-state index in [1.54, 1.807) is 66.4 Å². The van der Waals surface area contributed by atoms with Gasteiger partial charge in [-0.2, -0.15) is 4.99 Å². The van der Waals surface area contributed by atoms with Gasteiger partial charge in [-0.1, -0.05) is 168 Å². The Bertz CT molecular complexity index is 4350. The summed E-state index contributed by atoms with van der Waals surface area (Å²) in [5, 5.41) is 21.1. The first-order valence-electron chi connectivity index (χ1n) is 32.2. The number of ketones is 4. The van der Waals surface area contributed by atoms with Crippen LogP contribution in [0.25, 0.3) is 0 Å². The van der Waals surface area contributed by atoms with Crippen LogP contribution in [0.15, 0.2) is 270 Å². The van der Waals surface area contributed by atoms with Crippen LogP contribution in [-0.4, -0.2) is 83.8 Å². The predicted molar refractivity (Wildman–Crippen MR) is 431 cm³/mol. The number of halogens is 6. The minimum atomic E-state index is -1.56. The number of nitrogens with two attached hydrogens (primary N) is 1. The number of benzene rings is 10. The zero-order valence-electron chi connectivity index (χ0n) is 57.4. The highest BCUT2D eigenvalue weighted by Gasteiger charge is 2.51. The Morgan fingerprint density at radius 3 is 1.29 bits per heavy atom. The number of amides is 2. The highest BCUT2D eigenvalue weighted by molar-refractivity contribution is 9.11. The van der Waals surface area contributed by atoms with Gasteiger partial charge in [0.2, 0.25) is 6.08 Å². The molecule has 0 aliphatic carbocycles. The van der Waals surface area contributed by atoms with Crippen molar-refractivity contribution in [2.24, 2.45) is 4.99 Å². The number of Topliss-reactive ketones (excluding diaryl/α,β-unsaturated/α-hetero) is 4. The van der Waals surface area contributed by atoms with Crippen molar-refractivity contribution in [1.82, 2.24) is 0 Å². The van der Waals surface area contributed by atoms with Gasteiger partial charge < -0.3 is 34.9 Å². The second kappa shape index (κ2) is 45.3. The topological polar surface area (TPSA) is 225 Å². The summed E-state index contributed by atoms with van der Waals surface area (Å²) in [4.78, 5) is 74.8. The average molecular weight is 1780 g/mol. The van der Waals surface area contributed by atoms with Crippen molar-refractivity contribution in [2.75, 3.05) is 53.8 Å². The summed E-state index contributed by atoms with van der Waals surface area (Å²) >= 11 is 19.9. The lowest BCUT2D eigenvalue weighted by atomic mass is 10.0. The maximum atomic E-state index is 13.5. The van der Waals surface area contributed by atoms with Crippen LogP contribution in [0.3, 0.4) is 0 Å². The number of nitrogen functional groups attached to an aromatic ring is 1. The lowest BCUT2D eigenvalue weighted by Gasteiger charge is -2.32. The Hall–Kier alpha value is -8.83. The Morgan fingerprint density at radius 1 is 0.495 bits per heavy atom. The van der Waals surface area contributed by atoms with Gasteiger partial charge in [-0.3, -0.25) is 29.0 Å². The number of phenolic OH excluding ortho intramolecular Hbond substituents is 1. The zero-order chi connectivity index (χ0) is 75.3. The molecular formula is C81H78Br6N4O12. The smallest absolute Gasteiger partial charge is 0.331 e. The number of phenols is 1. The lowest BCUT2D eigenvalue weighted by molar-refractivity contribution is 0.0652. The first-order chi connectivity index (χ1) is 49.4. The minimum absolute atomic E-state index is 0.0316. The summed E-state index contributed by atoms with van der Waals surface area (Å²) < 4.78 is 26.4. The number of carbonyl (C=O) groups is 5. The van der Waals surface area contributed by atoms with E-state index in [2.05, 4.69) is 101 Å². The highest BCUT2D eigenvalue weighted by Crippen LogP contribution is 2.41. The molecule has 1 saturated heterocycles. The number of aromatic hydroxyl groups is 1. The molecule has 0 saturated carbocycles. The quantitative estimate of drug-likeness (QED) is 0.0213. The number of alkyl halides is 1. The number of hydrogen-bond acceptors (Lipinski definition) is 14. The molecule has 0 aromatic heterocycles. The van der Waals surface area contributed by atoms with Crippen LogP contribution in [0, 0.1) is 0 Å². The molecule has 1 aliphatic rings. The standard InChI is InChI=1S/C23H20Br2N2O3.C17H17BrO2.C10H11BrO2.C10H12O2.C8H8O2.C7H4BrNO.C6H6BrN/c1-2-30-21-5-3-4-16(14-21)23(29)15-26(19-10-6-17(24)7-11-19)22(28)27(23)20-12-8-18(25)9-13-20;1-2-20-16-5-3-4-14(12-16)17(19)11-8-13-6-9-15(18)10-7-13;1-2-13-9-5-3-4-8(6-9)10(12)7-11;1-3-12-10-6-4-5-9(7-10)8(2)11;1-6(9)7-3-2-4-8(10)5-7;8-6-1-3-7(4-2-6)9-5-10;7-5-1-3-6(8)4-2-5/h3-14,29H,2,15H2,1H3;3-7,9-10,12H,2,8,11H2,1H3;3-6H,2,7H2,1H3;4-7H,3H2,1-2H3;2-5,10H,1H3;1-4H;1-4H,8H2. The van der Waals surface area contributed by atoms with Crippen molar-refractivity contribution in [3.63, 3.8) is 0 Å². The molecule has 4 N–H and O–H groups in total. The molecular weight excluding hydrogens is 1700 g/mol. The number of aliphatic imine (C=N–C) groups is 1. The van der Waals surface area contributed by atoms with Crippen LogP contribution in [0.2, 0.25) is 0 Å². The normalized spacial score (nSPS) is 12.2. The van der Waals surface area contributed by atoms with E-state index in [0.717, 1.165) is 51.7 Å². The number of hydrogen-bond donors (Lipinski definition) is 3. The fourth-order valence-electron chi connectivity index (χ4n) is 9.31. The summed E-state index contributed by atoms with van der Waals surface area (Å²) in [6.07, 6.45) is 2.73. The van der Waals surface area contributed by atoms with E-state index in [9.17, 15) is 33.9 Å². The molecule has 10 aromatic rings. The lowest BCUT2D eigenvalue weighted by Crippen LogP contribution is -2.44. The molecule has 10 aromatic carbocycles. The van der Waals surface area contributed by atoms with Crippen molar-refractivity contribution >= 4 is 154 Å². The molecule has 103 heavy (non-hydrogen) atoms. The number of rotatable bonds is 20. The average Bonchev–Trinajstić information content (AvgIpc) is 1.59. The first kappa shape index (κ1) is 84.8. The minimum Gasteiger partial charge on any atom is -0.508 e. The third-order valence-corrected chi connectivity index (χ3v) is 17.4. The maximum Gasteiger partial charge on any atom is 0.331 e. The summed E-state index contributed by atoms with van der Waals surface area (Å²) in [5.41, 5.74) is 11.0. The Morgan fingerprint density at radius 2 is 0.874 bits per heavy atom. The van der Waals surface area contributed by atoms with Crippen molar-refractivity contribution in [1.29, 1.82) is 0 Å². The Balaban J connectivity index is 0.000000228. The molecule has 0 bridgehead atoms. The molecule has 1 atom stereocenters. The van der Waals surface area contributed by atoms with Crippen LogP contribution in [0.5, 0.6) is 28.7 Å². The Kier molecular flexibility index (Phi) is 37.3. The fourth-order valence-corrected chi connectivity index (χ4v) is 11.0. The predicted octanol–water partition coefficient (Wildman–Crippen LogP) is 21.6. The first-order valence-corrected chi connectivity index (χ1v) is 37.3. The number of carbonyl (C=O) groups excluding carboxylic acids is 6. The molecule has 22 heteroatoms. The monoisotopic (exact) mass is 1770 g/mol. The molecule has 16 nitrogen and oxygen atoms in total. The van der Waals surface area contributed by atoms with Crippen LogP contribution < -0.4 is 34.5 Å². The highest BCUT2D eigenvalue weighted by atomic mass is 79.9. The molecule has 1 fully saturated rings. The largest absolute Gasteiger partial charge is 0.508 e. The van der Waals surface area contributed by atoms with E-state index in [-0.39, 0.29) is 41.5 Å². The molecule has 1 heterocycles. The summed E-state index contributed by atoms with van der Waals surface area (Å²) in [7, 11) is 0. The molecule has 1 unspecified atom stereocenters. The number of aliphatic hydroxyl groups is 1. The summed E-state index contributed by atoms with van der Waals surface area (Å²) in [6, 6.07) is 72.5. The van der Waals surface area contributed by atoms with Crippen molar-refractivity contribution in [3.05, 3.63) is 298 Å². The van der Waals surface area contributed by atoms with Crippen LogP contribution in [0.1, 0.15) is 101 Å². The van der Waals surface area contributed by atoms with Gasteiger partial charge >= 0.3 is 6.03 Å². The number of aryl methyl sites for hydroxylation is 1. The van der Waals surface area contributed by atoms with Gasteiger partial charge in [0, 0.05) is 73.7 Å². The van der Waals surface area contributed by atoms with E-state index in [0.29, 0.717) is 88.8 Å². The Labute approximate surface area is 652 Å². The zero-order valence-corrected chi connectivity index (χ0v) is 66.9. The number of β-amino-alcohol motifs (C(OH)–C–C–N with tert-alkyl or cyclic N) is 1. The molecule has 0 spiro atoms. The van der Waals surface area contributed by atoms with Gasteiger partial charge in [0.25, 0.3) is 0 Å². The van der Waals surface area contributed by atoms with Crippen LogP contribution in [0.4, 0.5) is 27.5 Å². The number of nitrogens with zero attached hydrogens (tertiary/aromatic N) is 3. The summed E-state index contributed by atoms with van der Waals surface area (Å²) in [5.74, 6) is 3.28. The third kappa shape index (κ3) is 29.4. The van der Waals surface area contributed by atoms with E-state index >= 15 is 0 Å². The fraction of sp³-hybridized carbons (Fsp3) is 0.185. The van der Waals surface area contributed by atoms with Gasteiger partial charge in [-0.15, -0.1) is 0 Å². The van der Waals surface area contributed by atoms with Crippen molar-refractivity contribution in [3.8, 4) is 28.7 Å². The van der Waals surface area contributed by atoms with Gasteiger partial charge in [0.05, 0.1) is 44.0 Å². The number of isocyanates is 1. The SMILES string of the molecule is CC(=O)c1cccc(O)c1.CCOc1cccc(C(=O)CBr)c1.CCOc1cccc(C(=O)CCc2ccc(Br)cc2)c1.CCOc1cccc(C(C)=O)c1.CCOc1cccc(C2(O)CN(c3ccc(Br)cc3)C(=O)N2c2ccc(Br)cc2)c1.Nc1ccc(Br)cc1.O=C=Nc1ccc(Br)cc1. The molecule has 536 valence electrons. The molecule has 0 radical (unpaired) electrons. The van der Waals surface area contributed by atoms with E-state index in [4.69, 9.17) is 29.8 Å². The maximum absolute atomic E-state index is 13.5. The van der Waals surface area contributed by atoms with Gasteiger partial charge in [-0.05, 0) is 223 Å². The van der Waals surface area contributed by atoms with Crippen molar-refractivity contribution < 1.29 is 57.9 Å². The molecule has 2 amide bonds. The van der Waals surface area contributed by atoms with E-state index in [1.165, 1.54) is 35.6 Å². The van der Waals surface area contributed by atoms with Crippen molar-refractivity contribution in [2.45, 2.75) is 60.1 Å². The van der Waals surface area contributed by atoms with Gasteiger partial charge in [0.1, 0.15) is 28.7 Å². The second-order valence-corrected chi connectivity index (χ2v) is 27.0. The van der Waals surface area contributed by atoms with Crippen LogP contribution >= 0.6 is 95.6 Å². The van der Waals surface area contributed by atoms with Crippen LogP contribution in [-0.2, 0) is 16.9 Å².